The molecule has 102 valence electrons. The summed E-state index contributed by atoms with van der Waals surface area (Å²) in [7, 11) is 0. The van der Waals surface area contributed by atoms with Crippen molar-refractivity contribution in [3.63, 3.8) is 0 Å². The topological polar surface area (TPSA) is 43.1 Å². The van der Waals surface area contributed by atoms with Crippen LogP contribution in [-0.4, -0.2) is 11.8 Å². The van der Waals surface area contributed by atoms with Crippen molar-refractivity contribution < 1.29 is 4.79 Å². The lowest BCUT2D eigenvalue weighted by atomic mass is 10.0. The normalized spacial score (nSPS) is 12.6. The summed E-state index contributed by atoms with van der Waals surface area (Å²) in [6.45, 7) is 4.22. The SMILES string of the molecule is CCCCCCCCCCCC(=O)C(N)CC. The van der Waals surface area contributed by atoms with Gasteiger partial charge in [0, 0.05) is 6.42 Å². The molecule has 0 rings (SSSR count). The highest BCUT2D eigenvalue weighted by Gasteiger charge is 2.09. The molecule has 0 spiro atoms. The predicted molar refractivity (Wildman–Crippen MR) is 75.1 cm³/mol. The summed E-state index contributed by atoms with van der Waals surface area (Å²) in [6.07, 6.45) is 13.1. The summed E-state index contributed by atoms with van der Waals surface area (Å²) in [4.78, 5) is 11.5. The number of rotatable bonds is 12. The zero-order valence-electron chi connectivity index (χ0n) is 11.8. The van der Waals surface area contributed by atoms with Gasteiger partial charge in [0.25, 0.3) is 0 Å². The van der Waals surface area contributed by atoms with Crippen molar-refractivity contribution in [1.29, 1.82) is 0 Å². The van der Waals surface area contributed by atoms with Crippen molar-refractivity contribution in [3.05, 3.63) is 0 Å². The van der Waals surface area contributed by atoms with Crippen LogP contribution in [0.25, 0.3) is 0 Å². The van der Waals surface area contributed by atoms with Gasteiger partial charge in [-0.15, -0.1) is 0 Å². The number of nitrogens with two attached hydrogens (primary N) is 1. The maximum atomic E-state index is 11.5. The molecule has 0 radical (unpaired) electrons. The molecular weight excluding hydrogens is 210 g/mol. The molecule has 0 aliphatic carbocycles. The molecule has 0 saturated carbocycles. The van der Waals surface area contributed by atoms with Gasteiger partial charge in [0.1, 0.15) is 5.78 Å². The van der Waals surface area contributed by atoms with E-state index in [1.807, 2.05) is 6.92 Å². The van der Waals surface area contributed by atoms with Gasteiger partial charge < -0.3 is 5.73 Å². The second-order valence-corrected chi connectivity index (χ2v) is 5.06. The molecule has 0 aromatic carbocycles. The number of ketones is 1. The van der Waals surface area contributed by atoms with Crippen LogP contribution >= 0.6 is 0 Å². The van der Waals surface area contributed by atoms with Crippen molar-refractivity contribution in [1.82, 2.24) is 0 Å². The largest absolute Gasteiger partial charge is 0.322 e. The van der Waals surface area contributed by atoms with Crippen molar-refractivity contribution in [3.8, 4) is 0 Å². The molecule has 0 amide bonds. The first kappa shape index (κ1) is 16.6. The van der Waals surface area contributed by atoms with E-state index in [-0.39, 0.29) is 11.8 Å². The maximum absolute atomic E-state index is 11.5. The van der Waals surface area contributed by atoms with Crippen LogP contribution in [0.3, 0.4) is 0 Å². The standard InChI is InChI=1S/C15H31NO/c1-3-5-6-7-8-9-10-11-12-13-15(17)14(16)4-2/h14H,3-13,16H2,1-2H3. The molecule has 0 aliphatic rings. The van der Waals surface area contributed by atoms with Gasteiger partial charge in [0.05, 0.1) is 6.04 Å². The second-order valence-electron chi connectivity index (χ2n) is 5.06. The van der Waals surface area contributed by atoms with E-state index in [1.54, 1.807) is 0 Å². The zero-order valence-corrected chi connectivity index (χ0v) is 11.8. The van der Waals surface area contributed by atoms with Crippen LogP contribution in [0.1, 0.15) is 84.5 Å². The van der Waals surface area contributed by atoms with E-state index >= 15 is 0 Å². The van der Waals surface area contributed by atoms with Gasteiger partial charge in [-0.05, 0) is 12.8 Å². The molecule has 0 fully saturated rings. The van der Waals surface area contributed by atoms with Gasteiger partial charge in [0.15, 0.2) is 0 Å². The first-order chi connectivity index (χ1) is 8.22. The minimum Gasteiger partial charge on any atom is -0.322 e. The number of Topliss-reactive ketones (excluding diaryl/α,β-unsaturated/α-hetero) is 1. The van der Waals surface area contributed by atoms with Gasteiger partial charge in [-0.3, -0.25) is 4.79 Å². The van der Waals surface area contributed by atoms with Gasteiger partial charge in [-0.1, -0.05) is 65.2 Å². The molecule has 2 N–H and O–H groups in total. The second kappa shape index (κ2) is 12.1. The van der Waals surface area contributed by atoms with Gasteiger partial charge >= 0.3 is 0 Å². The van der Waals surface area contributed by atoms with Crippen LogP contribution in [0.4, 0.5) is 0 Å². The molecule has 1 unspecified atom stereocenters. The summed E-state index contributed by atoms with van der Waals surface area (Å²) in [5.41, 5.74) is 5.68. The molecule has 1 atom stereocenters. The average Bonchev–Trinajstić information content (AvgIpc) is 2.35. The Hall–Kier alpha value is -0.370. The predicted octanol–water partition coefficient (Wildman–Crippen LogP) is 4.21. The van der Waals surface area contributed by atoms with E-state index < -0.39 is 0 Å². The number of hydrogen-bond donors (Lipinski definition) is 1. The quantitative estimate of drug-likeness (QED) is 0.520. The summed E-state index contributed by atoms with van der Waals surface area (Å²) >= 11 is 0. The van der Waals surface area contributed by atoms with Crippen LogP contribution < -0.4 is 5.73 Å². The van der Waals surface area contributed by atoms with Crippen LogP contribution in [-0.2, 0) is 4.79 Å². The number of hydrogen-bond acceptors (Lipinski definition) is 2. The van der Waals surface area contributed by atoms with E-state index in [0.29, 0.717) is 6.42 Å². The van der Waals surface area contributed by atoms with Gasteiger partial charge in [-0.25, -0.2) is 0 Å². The number of carbonyl (C=O) groups excluding carboxylic acids is 1. The van der Waals surface area contributed by atoms with Crippen molar-refractivity contribution in [2.45, 2.75) is 90.5 Å². The molecule has 17 heavy (non-hydrogen) atoms. The Morgan fingerprint density at radius 1 is 0.882 bits per heavy atom. The van der Waals surface area contributed by atoms with E-state index in [1.165, 1.54) is 51.4 Å². The van der Waals surface area contributed by atoms with E-state index in [9.17, 15) is 4.79 Å². The van der Waals surface area contributed by atoms with Crippen LogP contribution in [0.5, 0.6) is 0 Å². The molecule has 2 heteroatoms. The van der Waals surface area contributed by atoms with E-state index in [2.05, 4.69) is 6.92 Å². The number of unbranched alkanes of at least 4 members (excludes halogenated alkanes) is 8. The summed E-state index contributed by atoms with van der Waals surface area (Å²) in [6, 6.07) is -0.218. The molecule has 0 aliphatic heterocycles. The summed E-state index contributed by atoms with van der Waals surface area (Å²) in [5.74, 6) is 0.246. The third kappa shape index (κ3) is 10.5. The Balaban J connectivity index is 3.16. The molecule has 0 aromatic heterocycles. The van der Waals surface area contributed by atoms with Crippen LogP contribution in [0, 0.1) is 0 Å². The molecule has 0 heterocycles. The minimum absolute atomic E-state index is 0.218. The van der Waals surface area contributed by atoms with Crippen molar-refractivity contribution in [2.75, 3.05) is 0 Å². The fourth-order valence-corrected chi connectivity index (χ4v) is 2.02. The Kier molecular flexibility index (Phi) is 11.8. The lowest BCUT2D eigenvalue weighted by molar-refractivity contribution is -0.120. The molecule has 0 bridgehead atoms. The summed E-state index contributed by atoms with van der Waals surface area (Å²) in [5, 5.41) is 0. The first-order valence-electron chi connectivity index (χ1n) is 7.50. The fourth-order valence-electron chi connectivity index (χ4n) is 2.02. The van der Waals surface area contributed by atoms with Gasteiger partial charge in [0.2, 0.25) is 0 Å². The lowest BCUT2D eigenvalue weighted by Gasteiger charge is -2.07. The highest BCUT2D eigenvalue weighted by atomic mass is 16.1. The van der Waals surface area contributed by atoms with Crippen LogP contribution in [0.2, 0.25) is 0 Å². The monoisotopic (exact) mass is 241 g/mol. The third-order valence-corrected chi connectivity index (χ3v) is 3.38. The van der Waals surface area contributed by atoms with Gasteiger partial charge in [-0.2, -0.15) is 0 Å². The van der Waals surface area contributed by atoms with Crippen LogP contribution in [0.15, 0.2) is 0 Å². The Morgan fingerprint density at radius 3 is 1.82 bits per heavy atom. The fraction of sp³-hybridized carbons (Fsp3) is 0.933. The zero-order chi connectivity index (χ0) is 12.9. The average molecular weight is 241 g/mol. The number of carbonyl (C=O) groups is 1. The Bertz CT molecular complexity index is 180. The Labute approximate surface area is 107 Å². The first-order valence-corrected chi connectivity index (χ1v) is 7.50. The molecule has 0 saturated heterocycles. The minimum atomic E-state index is -0.218. The Morgan fingerprint density at radius 2 is 1.35 bits per heavy atom. The van der Waals surface area contributed by atoms with Crippen molar-refractivity contribution in [2.24, 2.45) is 5.73 Å². The molecule has 0 aromatic rings. The summed E-state index contributed by atoms with van der Waals surface area (Å²) < 4.78 is 0. The molecular formula is C15H31NO. The third-order valence-electron chi connectivity index (χ3n) is 3.38. The highest BCUT2D eigenvalue weighted by molar-refractivity contribution is 5.83. The maximum Gasteiger partial charge on any atom is 0.149 e. The van der Waals surface area contributed by atoms with Crippen molar-refractivity contribution >= 4 is 5.78 Å². The van der Waals surface area contributed by atoms with E-state index in [0.717, 1.165) is 12.8 Å². The highest BCUT2D eigenvalue weighted by Crippen LogP contribution is 2.11. The van der Waals surface area contributed by atoms with E-state index in [4.69, 9.17) is 5.73 Å². The smallest absolute Gasteiger partial charge is 0.149 e. The molecule has 2 nitrogen and oxygen atoms in total. The lowest BCUT2D eigenvalue weighted by Crippen LogP contribution is -2.29.